The molecule has 3 nitrogen and oxygen atoms in total. The van der Waals surface area contributed by atoms with Crippen molar-refractivity contribution in [1.29, 1.82) is 0 Å². The molecule has 1 aliphatic carbocycles. The Kier molecular flexibility index (Phi) is 10.0. The van der Waals surface area contributed by atoms with Crippen molar-refractivity contribution in [1.82, 2.24) is 0 Å². The molecule has 0 atom stereocenters. The molecule has 1 saturated heterocycles. The van der Waals surface area contributed by atoms with E-state index in [1.807, 2.05) is 19.1 Å². The summed E-state index contributed by atoms with van der Waals surface area (Å²) in [6.45, 7) is 4.42. The van der Waals surface area contributed by atoms with Gasteiger partial charge in [0.15, 0.2) is 11.5 Å². The van der Waals surface area contributed by atoms with Crippen molar-refractivity contribution in [2.24, 2.45) is 5.92 Å². The largest absolute Gasteiger partial charge is 0.493 e. The zero-order valence-electron chi connectivity index (χ0n) is 22.0. The van der Waals surface area contributed by atoms with E-state index in [9.17, 15) is 0 Å². The topological polar surface area (TPSA) is 27.7 Å². The molecule has 0 unspecified atom stereocenters. The lowest BCUT2D eigenvalue weighted by molar-refractivity contribution is 0.0630. The molecule has 0 radical (unpaired) electrons. The summed E-state index contributed by atoms with van der Waals surface area (Å²) in [5.74, 6) is 2.14. The first-order chi connectivity index (χ1) is 17.7. The number of aryl methyl sites for hydroxylation is 2. The Morgan fingerprint density at radius 1 is 0.917 bits per heavy atom. The van der Waals surface area contributed by atoms with Crippen molar-refractivity contribution < 1.29 is 18.6 Å². The van der Waals surface area contributed by atoms with Gasteiger partial charge < -0.3 is 14.2 Å². The summed E-state index contributed by atoms with van der Waals surface area (Å²) in [7, 11) is 1.69. The van der Waals surface area contributed by atoms with Gasteiger partial charge in [0.1, 0.15) is 5.82 Å². The van der Waals surface area contributed by atoms with Gasteiger partial charge in [-0.25, -0.2) is 4.39 Å². The molecule has 1 aliphatic heterocycles. The molecule has 0 bridgehead atoms. The van der Waals surface area contributed by atoms with Crippen LogP contribution in [0.1, 0.15) is 80.0 Å². The molecular formula is C32H41FO3. The minimum atomic E-state index is -0.178. The van der Waals surface area contributed by atoms with Gasteiger partial charge in [0, 0.05) is 18.8 Å². The monoisotopic (exact) mass is 492 g/mol. The van der Waals surface area contributed by atoms with Gasteiger partial charge in [-0.2, -0.15) is 0 Å². The fraction of sp³-hybridized carbons (Fsp3) is 0.500. The number of hydrogen-bond acceptors (Lipinski definition) is 3. The number of unbranched alkanes of at least 4 members (excludes halogenated alkanes) is 2. The number of allylic oxidation sites excluding steroid dienone is 3. The SMILES string of the molecule is COc1cc2c(cc1OCCCCCC1CCOCC1)C(c1ccc(C)cc1F)=CCCC=CCC2. The second kappa shape index (κ2) is 13.6. The van der Waals surface area contributed by atoms with Gasteiger partial charge in [-0.15, -0.1) is 0 Å². The average molecular weight is 493 g/mol. The zero-order chi connectivity index (χ0) is 25.2. The Labute approximate surface area is 216 Å². The highest BCUT2D eigenvalue weighted by atomic mass is 19.1. The molecule has 1 heterocycles. The summed E-state index contributed by atoms with van der Waals surface area (Å²) < 4.78 is 32.6. The highest BCUT2D eigenvalue weighted by Crippen LogP contribution is 2.38. The van der Waals surface area contributed by atoms with Gasteiger partial charge >= 0.3 is 0 Å². The third-order valence-electron chi connectivity index (χ3n) is 7.38. The smallest absolute Gasteiger partial charge is 0.161 e. The van der Waals surface area contributed by atoms with Gasteiger partial charge in [0.25, 0.3) is 0 Å². The lowest BCUT2D eigenvalue weighted by Gasteiger charge is -2.21. The number of benzene rings is 2. The number of hydrogen-bond donors (Lipinski definition) is 0. The Bertz CT molecular complexity index is 1050. The first kappa shape index (κ1) is 26.5. The van der Waals surface area contributed by atoms with Crippen LogP contribution in [0.5, 0.6) is 11.5 Å². The highest BCUT2D eigenvalue weighted by molar-refractivity contribution is 5.83. The van der Waals surface area contributed by atoms with E-state index in [1.165, 1.54) is 25.7 Å². The van der Waals surface area contributed by atoms with Crippen LogP contribution in [0.15, 0.2) is 48.6 Å². The molecule has 2 aromatic rings. The lowest BCUT2D eigenvalue weighted by atomic mass is 9.89. The predicted octanol–water partition coefficient (Wildman–Crippen LogP) is 8.22. The van der Waals surface area contributed by atoms with E-state index in [1.54, 1.807) is 13.2 Å². The van der Waals surface area contributed by atoms with E-state index in [0.717, 1.165) is 91.4 Å². The second-order valence-electron chi connectivity index (χ2n) is 10.1. The number of rotatable bonds is 9. The number of fused-ring (bicyclic) bond motifs is 1. The van der Waals surface area contributed by atoms with Crippen molar-refractivity contribution >= 4 is 5.57 Å². The minimum Gasteiger partial charge on any atom is -0.493 e. The maximum atomic E-state index is 15.1. The average Bonchev–Trinajstić information content (AvgIpc) is 2.89. The van der Waals surface area contributed by atoms with E-state index in [2.05, 4.69) is 30.4 Å². The molecule has 0 spiro atoms. The van der Waals surface area contributed by atoms with Crippen LogP contribution in [-0.2, 0) is 11.2 Å². The van der Waals surface area contributed by atoms with Gasteiger partial charge in [0.2, 0.25) is 0 Å². The van der Waals surface area contributed by atoms with Crippen LogP contribution in [-0.4, -0.2) is 26.9 Å². The summed E-state index contributed by atoms with van der Waals surface area (Å²) in [6, 6.07) is 9.68. The lowest BCUT2D eigenvalue weighted by Crippen LogP contribution is -2.15. The van der Waals surface area contributed by atoms with E-state index < -0.39 is 0 Å². The molecule has 0 N–H and O–H groups in total. The molecule has 0 saturated carbocycles. The Balaban J connectivity index is 1.51. The maximum absolute atomic E-state index is 15.1. The highest BCUT2D eigenvalue weighted by Gasteiger charge is 2.19. The van der Waals surface area contributed by atoms with Crippen molar-refractivity contribution in [3.8, 4) is 11.5 Å². The van der Waals surface area contributed by atoms with E-state index in [-0.39, 0.29) is 5.82 Å². The van der Waals surface area contributed by atoms with Crippen molar-refractivity contribution in [3.63, 3.8) is 0 Å². The molecule has 1 fully saturated rings. The second-order valence-corrected chi connectivity index (χ2v) is 10.1. The quantitative estimate of drug-likeness (QED) is 0.261. The fourth-order valence-corrected chi connectivity index (χ4v) is 5.26. The van der Waals surface area contributed by atoms with E-state index in [4.69, 9.17) is 14.2 Å². The summed E-state index contributed by atoms with van der Waals surface area (Å²) in [6.07, 6.45) is 17.4. The molecule has 4 rings (SSSR count). The van der Waals surface area contributed by atoms with Crippen LogP contribution < -0.4 is 9.47 Å². The van der Waals surface area contributed by atoms with Gasteiger partial charge in [-0.05, 0) is 98.2 Å². The summed E-state index contributed by atoms with van der Waals surface area (Å²) in [4.78, 5) is 0. The molecule has 36 heavy (non-hydrogen) atoms. The van der Waals surface area contributed by atoms with Crippen LogP contribution in [0.25, 0.3) is 5.57 Å². The van der Waals surface area contributed by atoms with Crippen molar-refractivity contribution in [2.75, 3.05) is 26.9 Å². The van der Waals surface area contributed by atoms with Crippen LogP contribution >= 0.6 is 0 Å². The molecule has 0 amide bonds. The maximum Gasteiger partial charge on any atom is 0.161 e. The molecule has 0 aromatic heterocycles. The van der Waals surface area contributed by atoms with Crippen LogP contribution in [0.2, 0.25) is 0 Å². The number of ether oxygens (including phenoxy) is 3. The minimum absolute atomic E-state index is 0.178. The van der Waals surface area contributed by atoms with Crippen LogP contribution in [0, 0.1) is 18.7 Å². The van der Waals surface area contributed by atoms with E-state index >= 15 is 4.39 Å². The Hall–Kier alpha value is -2.59. The van der Waals surface area contributed by atoms with Crippen molar-refractivity contribution in [2.45, 2.75) is 71.1 Å². The molecule has 2 aromatic carbocycles. The van der Waals surface area contributed by atoms with Crippen LogP contribution in [0.4, 0.5) is 4.39 Å². The molecule has 194 valence electrons. The predicted molar refractivity (Wildman–Crippen MR) is 145 cm³/mol. The summed E-state index contributed by atoms with van der Waals surface area (Å²) in [5.41, 5.74) is 4.73. The van der Waals surface area contributed by atoms with Crippen molar-refractivity contribution in [3.05, 3.63) is 76.6 Å². The number of methoxy groups -OCH3 is 1. The van der Waals surface area contributed by atoms with Crippen LogP contribution in [0.3, 0.4) is 0 Å². The Morgan fingerprint density at radius 3 is 2.56 bits per heavy atom. The third-order valence-corrected chi connectivity index (χ3v) is 7.38. The zero-order valence-corrected chi connectivity index (χ0v) is 22.0. The summed E-state index contributed by atoms with van der Waals surface area (Å²) in [5, 5.41) is 0. The molecular weight excluding hydrogens is 451 g/mol. The number of halogens is 1. The standard InChI is InChI=1S/C32H41FO3/c1-24-14-15-28(30(33)21-24)27-13-9-5-3-4-8-12-26-22-31(34-2)32(23-29(26)27)36-18-10-6-7-11-25-16-19-35-20-17-25/h3-4,13-15,21-23,25H,5-12,16-20H2,1-2H3. The first-order valence-corrected chi connectivity index (χ1v) is 13.7. The Morgan fingerprint density at radius 2 is 1.75 bits per heavy atom. The third kappa shape index (κ3) is 7.22. The van der Waals surface area contributed by atoms with Gasteiger partial charge in [-0.1, -0.05) is 49.6 Å². The van der Waals surface area contributed by atoms with Gasteiger partial charge in [0.05, 0.1) is 13.7 Å². The molecule has 2 aliphatic rings. The van der Waals surface area contributed by atoms with E-state index in [0.29, 0.717) is 12.2 Å². The molecule has 4 heteroatoms. The fourth-order valence-electron chi connectivity index (χ4n) is 5.26. The van der Waals surface area contributed by atoms with Gasteiger partial charge in [-0.3, -0.25) is 0 Å². The summed E-state index contributed by atoms with van der Waals surface area (Å²) >= 11 is 0. The normalized spacial score (nSPS) is 16.8. The first-order valence-electron chi connectivity index (χ1n) is 13.7.